The molecule has 0 bridgehead atoms. The van der Waals surface area contributed by atoms with Gasteiger partial charge in [-0.05, 0) is 13.3 Å². The molecule has 1 aromatic carbocycles. The Bertz CT molecular complexity index is 429. The maximum absolute atomic E-state index is 11.6. The highest BCUT2D eigenvalue weighted by Crippen LogP contribution is 2.36. The van der Waals surface area contributed by atoms with Crippen molar-refractivity contribution in [1.29, 1.82) is 0 Å². The number of hydrogen-bond donors (Lipinski definition) is 3. The molecule has 0 spiro atoms. The predicted octanol–water partition coefficient (Wildman–Crippen LogP) is 1.81. The number of benzene rings is 1. The monoisotopic (exact) mass is 239 g/mol. The minimum absolute atomic E-state index is 0.0885. The van der Waals surface area contributed by atoms with E-state index in [-0.39, 0.29) is 29.4 Å². The third kappa shape index (κ3) is 2.61. The van der Waals surface area contributed by atoms with E-state index in [1.165, 1.54) is 0 Å². The summed E-state index contributed by atoms with van der Waals surface area (Å²) in [5, 5.41) is 19.2. The maximum atomic E-state index is 11.6. The Labute approximate surface area is 99.8 Å². The van der Waals surface area contributed by atoms with E-state index in [0.29, 0.717) is 12.0 Å². The quantitative estimate of drug-likeness (QED) is 0.322. The number of aromatic hydroxyl groups is 2. The van der Waals surface area contributed by atoms with Crippen molar-refractivity contribution in [1.82, 2.24) is 0 Å². The first-order valence-corrected chi connectivity index (χ1v) is 5.53. The van der Waals surface area contributed by atoms with Crippen molar-refractivity contribution in [2.45, 2.75) is 26.7 Å². The van der Waals surface area contributed by atoms with Crippen LogP contribution in [-0.2, 0) is 11.2 Å². The average Bonchev–Trinajstić information content (AvgIpc) is 2.29. The number of phenols is 2. The van der Waals surface area contributed by atoms with Crippen molar-refractivity contribution in [2.24, 2.45) is 0 Å². The van der Waals surface area contributed by atoms with E-state index in [0.717, 1.165) is 12.5 Å². The van der Waals surface area contributed by atoms with E-state index in [2.05, 4.69) is 0 Å². The van der Waals surface area contributed by atoms with Crippen LogP contribution < -0.4 is 5.73 Å². The standard InChI is InChI=1S/C12H17NO4/c1-3-5-7-10(13)8(12(16)17-4-2)6-9(14)11(7)15/h6,14-15H,3-5,13H2,1-2H3. The number of nitrogens with two attached hydrogens (primary N) is 1. The van der Waals surface area contributed by atoms with Crippen LogP contribution in [0.5, 0.6) is 11.5 Å². The molecule has 0 aliphatic rings. The molecule has 94 valence electrons. The van der Waals surface area contributed by atoms with Gasteiger partial charge in [-0.25, -0.2) is 4.79 Å². The van der Waals surface area contributed by atoms with Gasteiger partial charge in [-0.1, -0.05) is 13.3 Å². The molecule has 0 saturated carbocycles. The van der Waals surface area contributed by atoms with Gasteiger partial charge in [-0.15, -0.1) is 0 Å². The molecule has 0 aromatic heterocycles. The summed E-state index contributed by atoms with van der Waals surface area (Å²) >= 11 is 0. The van der Waals surface area contributed by atoms with Crippen molar-refractivity contribution in [3.05, 3.63) is 17.2 Å². The molecule has 5 heteroatoms. The third-order valence-electron chi connectivity index (χ3n) is 2.42. The lowest BCUT2D eigenvalue weighted by atomic mass is 10.0. The lowest BCUT2D eigenvalue weighted by Gasteiger charge is -2.13. The van der Waals surface area contributed by atoms with Gasteiger partial charge in [-0.3, -0.25) is 0 Å². The van der Waals surface area contributed by atoms with Gasteiger partial charge in [0.15, 0.2) is 11.5 Å². The molecule has 1 aromatic rings. The Morgan fingerprint density at radius 3 is 2.59 bits per heavy atom. The highest BCUT2D eigenvalue weighted by atomic mass is 16.5. The Morgan fingerprint density at radius 2 is 2.06 bits per heavy atom. The number of hydrogen-bond acceptors (Lipinski definition) is 5. The van der Waals surface area contributed by atoms with Crippen molar-refractivity contribution < 1.29 is 19.7 Å². The average molecular weight is 239 g/mol. The highest BCUT2D eigenvalue weighted by molar-refractivity contribution is 5.97. The van der Waals surface area contributed by atoms with Crippen LogP contribution in [-0.4, -0.2) is 22.8 Å². The van der Waals surface area contributed by atoms with Crippen LogP contribution in [0.4, 0.5) is 5.69 Å². The number of anilines is 1. The molecule has 0 aliphatic heterocycles. The first-order valence-electron chi connectivity index (χ1n) is 5.53. The summed E-state index contributed by atoms with van der Waals surface area (Å²) in [4.78, 5) is 11.6. The zero-order chi connectivity index (χ0) is 13.0. The Kier molecular flexibility index (Phi) is 4.20. The van der Waals surface area contributed by atoms with E-state index in [9.17, 15) is 15.0 Å². The zero-order valence-corrected chi connectivity index (χ0v) is 9.99. The number of esters is 1. The summed E-state index contributed by atoms with van der Waals surface area (Å²) in [5.41, 5.74) is 6.44. The minimum Gasteiger partial charge on any atom is -0.504 e. The van der Waals surface area contributed by atoms with E-state index < -0.39 is 5.97 Å². The van der Waals surface area contributed by atoms with Crippen LogP contribution >= 0.6 is 0 Å². The van der Waals surface area contributed by atoms with Gasteiger partial charge in [0.25, 0.3) is 0 Å². The molecule has 0 heterocycles. The Morgan fingerprint density at radius 1 is 1.41 bits per heavy atom. The molecule has 5 nitrogen and oxygen atoms in total. The summed E-state index contributed by atoms with van der Waals surface area (Å²) in [7, 11) is 0. The van der Waals surface area contributed by atoms with Gasteiger partial charge in [-0.2, -0.15) is 0 Å². The van der Waals surface area contributed by atoms with Crippen LogP contribution in [0.3, 0.4) is 0 Å². The van der Waals surface area contributed by atoms with Crippen LogP contribution in [0.15, 0.2) is 6.07 Å². The third-order valence-corrected chi connectivity index (χ3v) is 2.42. The number of phenolic OH excluding ortho intramolecular Hbond substituents is 2. The van der Waals surface area contributed by atoms with Gasteiger partial charge in [0.2, 0.25) is 0 Å². The second kappa shape index (κ2) is 5.43. The molecular weight excluding hydrogens is 222 g/mol. The molecule has 0 amide bonds. The molecule has 17 heavy (non-hydrogen) atoms. The summed E-state index contributed by atoms with van der Waals surface area (Å²) in [5.74, 6) is -1.22. The largest absolute Gasteiger partial charge is 0.504 e. The molecule has 0 unspecified atom stereocenters. The van der Waals surface area contributed by atoms with Gasteiger partial charge < -0.3 is 20.7 Å². The molecule has 4 N–H and O–H groups in total. The van der Waals surface area contributed by atoms with Crippen LogP contribution in [0, 0.1) is 0 Å². The molecule has 0 radical (unpaired) electrons. The first kappa shape index (κ1) is 13.2. The van der Waals surface area contributed by atoms with Gasteiger partial charge in [0.05, 0.1) is 17.9 Å². The molecule has 0 saturated heterocycles. The summed E-state index contributed by atoms with van der Waals surface area (Å²) in [6, 6.07) is 1.13. The smallest absolute Gasteiger partial charge is 0.340 e. The summed E-state index contributed by atoms with van der Waals surface area (Å²) in [6.45, 7) is 3.82. The fraction of sp³-hybridized carbons (Fsp3) is 0.417. The zero-order valence-electron chi connectivity index (χ0n) is 9.99. The number of carbonyl (C=O) groups excluding carboxylic acids is 1. The second-order valence-corrected chi connectivity index (χ2v) is 3.65. The van der Waals surface area contributed by atoms with E-state index in [1.54, 1.807) is 6.92 Å². The van der Waals surface area contributed by atoms with Crippen LogP contribution in [0.25, 0.3) is 0 Å². The lowest BCUT2D eigenvalue weighted by Crippen LogP contribution is -2.10. The predicted molar refractivity (Wildman–Crippen MR) is 64.1 cm³/mol. The van der Waals surface area contributed by atoms with Crippen molar-refractivity contribution >= 4 is 11.7 Å². The minimum atomic E-state index is -0.599. The number of nitrogen functional groups attached to an aromatic ring is 1. The summed E-state index contributed by atoms with van der Waals surface area (Å²) in [6.07, 6.45) is 1.22. The number of ether oxygens (including phenoxy) is 1. The molecule has 1 rings (SSSR count). The SMILES string of the molecule is CCCc1c(N)c(C(=O)OCC)cc(O)c1O. The Hall–Kier alpha value is -1.91. The van der Waals surface area contributed by atoms with E-state index in [4.69, 9.17) is 10.5 Å². The van der Waals surface area contributed by atoms with E-state index >= 15 is 0 Å². The Balaban J connectivity index is 3.28. The van der Waals surface area contributed by atoms with Crippen LogP contribution in [0.2, 0.25) is 0 Å². The molecule has 0 fully saturated rings. The number of rotatable bonds is 4. The number of carbonyl (C=O) groups is 1. The van der Waals surface area contributed by atoms with E-state index in [1.807, 2.05) is 6.92 Å². The molecule has 0 atom stereocenters. The topological polar surface area (TPSA) is 92.8 Å². The fourth-order valence-electron chi connectivity index (χ4n) is 1.61. The van der Waals surface area contributed by atoms with Gasteiger partial charge >= 0.3 is 5.97 Å². The van der Waals surface area contributed by atoms with Crippen molar-refractivity contribution in [2.75, 3.05) is 12.3 Å². The van der Waals surface area contributed by atoms with Crippen molar-refractivity contribution in [3.8, 4) is 11.5 Å². The first-order chi connectivity index (χ1) is 8.02. The molecular formula is C12H17NO4. The van der Waals surface area contributed by atoms with Crippen LogP contribution in [0.1, 0.15) is 36.2 Å². The second-order valence-electron chi connectivity index (χ2n) is 3.65. The highest BCUT2D eigenvalue weighted by Gasteiger charge is 2.19. The normalized spacial score (nSPS) is 10.2. The maximum Gasteiger partial charge on any atom is 0.340 e. The van der Waals surface area contributed by atoms with Crippen molar-refractivity contribution in [3.63, 3.8) is 0 Å². The fourth-order valence-corrected chi connectivity index (χ4v) is 1.61. The molecule has 0 aliphatic carbocycles. The lowest BCUT2D eigenvalue weighted by molar-refractivity contribution is 0.0527. The summed E-state index contributed by atoms with van der Waals surface area (Å²) < 4.78 is 4.83. The van der Waals surface area contributed by atoms with Gasteiger partial charge in [0.1, 0.15) is 0 Å². The van der Waals surface area contributed by atoms with Gasteiger partial charge in [0, 0.05) is 11.6 Å².